The van der Waals surface area contributed by atoms with Crippen molar-refractivity contribution in [3.05, 3.63) is 40.4 Å². The van der Waals surface area contributed by atoms with Crippen molar-refractivity contribution in [3.8, 4) is 17.4 Å². The number of pyridine rings is 1. The smallest absolute Gasteiger partial charge is 0.229 e. The van der Waals surface area contributed by atoms with E-state index in [0.29, 0.717) is 11.9 Å². The first kappa shape index (κ1) is 19.8. The molecule has 1 unspecified atom stereocenters. The summed E-state index contributed by atoms with van der Waals surface area (Å²) < 4.78 is 17.0. The number of nitrogens with zero attached hydrogens (tertiary/aromatic N) is 3. The van der Waals surface area contributed by atoms with Crippen LogP contribution in [0.3, 0.4) is 0 Å². The molecule has 1 fully saturated rings. The van der Waals surface area contributed by atoms with E-state index < -0.39 is 0 Å². The zero-order chi connectivity index (χ0) is 19.4. The lowest BCUT2D eigenvalue weighted by Gasteiger charge is -2.38. The summed E-state index contributed by atoms with van der Waals surface area (Å²) in [6.07, 6.45) is 0. The van der Waals surface area contributed by atoms with Crippen LogP contribution in [0.1, 0.15) is 18.5 Å². The summed E-state index contributed by atoms with van der Waals surface area (Å²) in [5.74, 6) is 3.10. The monoisotopic (exact) mass is 435 g/mol. The van der Waals surface area contributed by atoms with Gasteiger partial charge in [0.15, 0.2) is 11.5 Å². The lowest BCUT2D eigenvalue weighted by atomic mass is 10.1. The largest absolute Gasteiger partial charge is 0.493 e. The number of piperazine rings is 1. The third-order valence-electron chi connectivity index (χ3n) is 5.07. The molecule has 3 rings (SSSR count). The van der Waals surface area contributed by atoms with E-state index in [1.165, 1.54) is 5.56 Å². The zero-order valence-electron chi connectivity index (χ0n) is 16.2. The first-order valence-corrected chi connectivity index (χ1v) is 9.78. The number of hydrogen-bond acceptors (Lipinski definition) is 6. The van der Waals surface area contributed by atoms with Crippen molar-refractivity contribution >= 4 is 21.7 Å². The number of halogens is 1. The molecule has 6 nitrogen and oxygen atoms in total. The van der Waals surface area contributed by atoms with E-state index in [0.717, 1.165) is 48.0 Å². The van der Waals surface area contributed by atoms with Gasteiger partial charge in [0.1, 0.15) is 5.82 Å². The van der Waals surface area contributed by atoms with E-state index in [4.69, 9.17) is 14.2 Å². The second-order valence-corrected chi connectivity index (χ2v) is 7.33. The van der Waals surface area contributed by atoms with Gasteiger partial charge >= 0.3 is 0 Å². The summed E-state index contributed by atoms with van der Waals surface area (Å²) in [5, 5.41) is 0. The minimum Gasteiger partial charge on any atom is -0.493 e. The Morgan fingerprint density at radius 1 is 0.926 bits per heavy atom. The van der Waals surface area contributed by atoms with E-state index >= 15 is 0 Å². The van der Waals surface area contributed by atoms with Gasteiger partial charge in [-0.1, -0.05) is 6.07 Å². The molecule has 1 saturated heterocycles. The number of anilines is 1. The second-order valence-electron chi connectivity index (χ2n) is 6.47. The minimum absolute atomic E-state index is 0.305. The lowest BCUT2D eigenvalue weighted by molar-refractivity contribution is 0.197. The Balaban J connectivity index is 1.66. The van der Waals surface area contributed by atoms with Crippen LogP contribution in [0.5, 0.6) is 17.4 Å². The zero-order valence-corrected chi connectivity index (χ0v) is 17.8. The van der Waals surface area contributed by atoms with Gasteiger partial charge in [0.2, 0.25) is 5.88 Å². The molecule has 0 radical (unpaired) electrons. The minimum atomic E-state index is 0.305. The maximum absolute atomic E-state index is 5.45. The highest BCUT2D eigenvalue weighted by atomic mass is 79.9. The third kappa shape index (κ3) is 4.30. The van der Waals surface area contributed by atoms with Crippen LogP contribution in [0.2, 0.25) is 0 Å². The van der Waals surface area contributed by atoms with Crippen molar-refractivity contribution in [3.63, 3.8) is 0 Å². The van der Waals surface area contributed by atoms with Gasteiger partial charge < -0.3 is 19.1 Å². The molecule has 0 bridgehead atoms. The predicted octanol–water partition coefficient (Wildman–Crippen LogP) is 3.75. The normalized spacial score (nSPS) is 16.1. The quantitative estimate of drug-likeness (QED) is 0.688. The molecule has 2 heterocycles. The summed E-state index contributed by atoms with van der Waals surface area (Å²) in [6, 6.07) is 10.5. The van der Waals surface area contributed by atoms with E-state index in [9.17, 15) is 0 Å². The Kier molecular flexibility index (Phi) is 6.44. The highest BCUT2D eigenvalue weighted by Gasteiger charge is 2.24. The average Bonchev–Trinajstić information content (AvgIpc) is 2.73. The molecule has 1 atom stereocenters. The Morgan fingerprint density at radius 2 is 1.63 bits per heavy atom. The highest BCUT2D eigenvalue weighted by Crippen LogP contribution is 2.32. The number of methoxy groups -OCH3 is 3. The third-order valence-corrected chi connectivity index (χ3v) is 5.67. The molecule has 0 N–H and O–H groups in total. The molecule has 0 amide bonds. The molecular formula is C20H26BrN3O3. The topological polar surface area (TPSA) is 47.1 Å². The molecule has 146 valence electrons. The number of rotatable bonds is 6. The maximum atomic E-state index is 5.45. The fraction of sp³-hybridized carbons (Fsp3) is 0.450. The number of aromatic nitrogens is 1. The highest BCUT2D eigenvalue weighted by molar-refractivity contribution is 9.10. The van der Waals surface area contributed by atoms with Crippen molar-refractivity contribution < 1.29 is 14.2 Å². The first-order chi connectivity index (χ1) is 13.1. The van der Waals surface area contributed by atoms with Crippen LogP contribution in [0.25, 0.3) is 0 Å². The molecule has 7 heteroatoms. The first-order valence-electron chi connectivity index (χ1n) is 8.98. The predicted molar refractivity (Wildman–Crippen MR) is 110 cm³/mol. The van der Waals surface area contributed by atoms with Gasteiger partial charge in [-0.15, -0.1) is 0 Å². The fourth-order valence-electron chi connectivity index (χ4n) is 3.39. The molecule has 27 heavy (non-hydrogen) atoms. The summed E-state index contributed by atoms with van der Waals surface area (Å²) >= 11 is 3.46. The second kappa shape index (κ2) is 8.80. The Labute approximate surface area is 169 Å². The summed E-state index contributed by atoms with van der Waals surface area (Å²) in [7, 11) is 4.97. The van der Waals surface area contributed by atoms with Crippen LogP contribution in [-0.4, -0.2) is 57.4 Å². The lowest BCUT2D eigenvalue weighted by Crippen LogP contribution is -2.47. The Bertz CT molecular complexity index is 779. The van der Waals surface area contributed by atoms with Gasteiger partial charge in [0.05, 0.1) is 25.8 Å². The van der Waals surface area contributed by atoms with Crippen molar-refractivity contribution in [1.29, 1.82) is 0 Å². The Hall–Kier alpha value is -1.99. The molecule has 1 aromatic carbocycles. The van der Waals surface area contributed by atoms with Gasteiger partial charge in [0, 0.05) is 32.2 Å². The molecule has 1 aliphatic heterocycles. The molecule has 0 aliphatic carbocycles. The molecule has 0 saturated carbocycles. The van der Waals surface area contributed by atoms with E-state index in [1.807, 2.05) is 18.2 Å². The molecule has 1 aliphatic rings. The number of ether oxygens (including phenoxy) is 3. The van der Waals surface area contributed by atoms with Gasteiger partial charge in [-0.05, 0) is 52.7 Å². The van der Waals surface area contributed by atoms with Crippen molar-refractivity contribution in [2.75, 3.05) is 52.4 Å². The van der Waals surface area contributed by atoms with E-state index in [-0.39, 0.29) is 0 Å². The van der Waals surface area contributed by atoms with Crippen LogP contribution >= 0.6 is 15.9 Å². The van der Waals surface area contributed by atoms with Crippen LogP contribution < -0.4 is 19.1 Å². The van der Waals surface area contributed by atoms with Crippen LogP contribution in [-0.2, 0) is 0 Å². The van der Waals surface area contributed by atoms with Crippen LogP contribution in [0.15, 0.2) is 34.8 Å². The van der Waals surface area contributed by atoms with Crippen LogP contribution in [0.4, 0.5) is 5.82 Å². The summed E-state index contributed by atoms with van der Waals surface area (Å²) in [4.78, 5) is 9.37. The van der Waals surface area contributed by atoms with Crippen molar-refractivity contribution in [1.82, 2.24) is 9.88 Å². The molecule has 0 spiro atoms. The standard InChI is InChI=1S/C20H26BrN3O3/c1-14(15-5-7-17(25-2)18(13-15)26-3)23-9-11-24(12-10-23)19-8-6-16(21)20(22-19)27-4/h5-8,13-14H,9-12H2,1-4H3. The van der Waals surface area contributed by atoms with Crippen LogP contribution in [0, 0.1) is 0 Å². The van der Waals surface area contributed by atoms with Gasteiger partial charge in [-0.3, -0.25) is 4.90 Å². The van der Waals surface area contributed by atoms with Crippen molar-refractivity contribution in [2.45, 2.75) is 13.0 Å². The Morgan fingerprint density at radius 3 is 2.26 bits per heavy atom. The fourth-order valence-corrected chi connectivity index (χ4v) is 3.78. The molecular weight excluding hydrogens is 410 g/mol. The molecule has 1 aromatic heterocycles. The summed E-state index contributed by atoms with van der Waals surface area (Å²) in [6.45, 7) is 6.02. The SMILES string of the molecule is COc1ccc(C(C)N2CCN(c3ccc(Br)c(OC)n3)CC2)cc1OC. The van der Waals surface area contributed by atoms with Gasteiger partial charge in [-0.2, -0.15) is 4.98 Å². The van der Waals surface area contributed by atoms with Gasteiger partial charge in [-0.25, -0.2) is 0 Å². The maximum Gasteiger partial charge on any atom is 0.229 e. The summed E-state index contributed by atoms with van der Waals surface area (Å²) in [5.41, 5.74) is 1.23. The molecule has 2 aromatic rings. The average molecular weight is 436 g/mol. The van der Waals surface area contributed by atoms with Crippen molar-refractivity contribution in [2.24, 2.45) is 0 Å². The van der Waals surface area contributed by atoms with E-state index in [2.05, 4.69) is 49.8 Å². The number of benzene rings is 1. The number of hydrogen-bond donors (Lipinski definition) is 0. The van der Waals surface area contributed by atoms with E-state index in [1.54, 1.807) is 21.3 Å². The van der Waals surface area contributed by atoms with Gasteiger partial charge in [0.25, 0.3) is 0 Å².